The Kier molecular flexibility index (Phi) is 4.95. The fraction of sp³-hybridized carbons (Fsp3) is 0.417. The molecule has 1 amide bonds. The maximum absolute atomic E-state index is 11.5. The van der Waals surface area contributed by atoms with Crippen molar-refractivity contribution in [3.8, 4) is 0 Å². The minimum Gasteiger partial charge on any atom is -0.316 e. The highest BCUT2D eigenvalue weighted by Gasteiger charge is 2.14. The van der Waals surface area contributed by atoms with Crippen LogP contribution < -0.4 is 16.6 Å². The van der Waals surface area contributed by atoms with Crippen molar-refractivity contribution in [1.82, 2.24) is 10.9 Å². The quantitative estimate of drug-likeness (QED) is 0.647. The SMILES string of the molecule is CCCc1ccc(C(N)C(=O)NNC)cc1. The number of benzene rings is 1. The number of hydrazine groups is 1. The van der Waals surface area contributed by atoms with Gasteiger partial charge < -0.3 is 5.73 Å². The van der Waals surface area contributed by atoms with E-state index in [9.17, 15) is 4.79 Å². The predicted molar refractivity (Wildman–Crippen MR) is 64.6 cm³/mol. The number of hydrogen-bond acceptors (Lipinski definition) is 3. The molecule has 4 N–H and O–H groups in total. The summed E-state index contributed by atoms with van der Waals surface area (Å²) < 4.78 is 0. The van der Waals surface area contributed by atoms with Crippen molar-refractivity contribution in [2.45, 2.75) is 25.8 Å². The predicted octanol–water partition coefficient (Wildman–Crippen LogP) is 0.889. The van der Waals surface area contributed by atoms with E-state index >= 15 is 0 Å². The molecule has 16 heavy (non-hydrogen) atoms. The number of nitrogens with one attached hydrogen (secondary N) is 2. The Morgan fingerprint density at radius 3 is 2.50 bits per heavy atom. The van der Waals surface area contributed by atoms with E-state index in [-0.39, 0.29) is 5.91 Å². The average Bonchev–Trinajstić information content (AvgIpc) is 2.30. The zero-order chi connectivity index (χ0) is 12.0. The van der Waals surface area contributed by atoms with E-state index in [0.29, 0.717) is 0 Å². The number of aryl methyl sites for hydroxylation is 1. The number of hydrogen-bond donors (Lipinski definition) is 3. The zero-order valence-corrected chi connectivity index (χ0v) is 9.79. The van der Waals surface area contributed by atoms with Gasteiger partial charge in [-0.3, -0.25) is 10.2 Å². The second-order valence-electron chi connectivity index (χ2n) is 3.71. The molecule has 0 heterocycles. The summed E-state index contributed by atoms with van der Waals surface area (Å²) in [4.78, 5) is 11.5. The Hall–Kier alpha value is -1.39. The molecular formula is C12H19N3O. The third-order valence-electron chi connectivity index (χ3n) is 2.41. The fourth-order valence-electron chi connectivity index (χ4n) is 1.53. The molecule has 0 bridgehead atoms. The molecule has 88 valence electrons. The van der Waals surface area contributed by atoms with Crippen LogP contribution >= 0.6 is 0 Å². The standard InChI is InChI=1S/C12H19N3O/c1-3-4-9-5-7-10(8-6-9)11(13)12(16)15-14-2/h5-8,11,14H,3-4,13H2,1-2H3,(H,15,16). The smallest absolute Gasteiger partial charge is 0.255 e. The molecule has 0 aliphatic rings. The fourth-order valence-corrected chi connectivity index (χ4v) is 1.53. The van der Waals surface area contributed by atoms with Gasteiger partial charge in [0.25, 0.3) is 5.91 Å². The lowest BCUT2D eigenvalue weighted by Crippen LogP contribution is -2.40. The summed E-state index contributed by atoms with van der Waals surface area (Å²) in [6, 6.07) is 7.23. The van der Waals surface area contributed by atoms with Gasteiger partial charge in [-0.05, 0) is 17.5 Å². The minimum atomic E-state index is -0.622. The van der Waals surface area contributed by atoms with Crippen molar-refractivity contribution in [2.75, 3.05) is 7.05 Å². The van der Waals surface area contributed by atoms with Gasteiger partial charge in [-0.2, -0.15) is 0 Å². The Morgan fingerprint density at radius 1 is 1.38 bits per heavy atom. The molecular weight excluding hydrogens is 202 g/mol. The van der Waals surface area contributed by atoms with Crippen LogP contribution in [0.5, 0.6) is 0 Å². The van der Waals surface area contributed by atoms with Crippen molar-refractivity contribution in [3.05, 3.63) is 35.4 Å². The molecule has 0 aliphatic carbocycles. The molecule has 4 heteroatoms. The molecule has 0 saturated carbocycles. The lowest BCUT2D eigenvalue weighted by molar-refractivity contribution is -0.123. The molecule has 1 unspecified atom stereocenters. The number of rotatable bonds is 5. The third-order valence-corrected chi connectivity index (χ3v) is 2.41. The van der Waals surface area contributed by atoms with Gasteiger partial charge in [0.1, 0.15) is 6.04 Å². The van der Waals surface area contributed by atoms with E-state index in [2.05, 4.69) is 17.8 Å². The van der Waals surface area contributed by atoms with Crippen LogP contribution in [-0.4, -0.2) is 13.0 Å². The maximum Gasteiger partial charge on any atom is 0.255 e. The first-order chi connectivity index (χ1) is 7.69. The summed E-state index contributed by atoms with van der Waals surface area (Å²) >= 11 is 0. The topological polar surface area (TPSA) is 67.2 Å². The molecule has 1 rings (SSSR count). The van der Waals surface area contributed by atoms with Crippen LogP contribution in [0.4, 0.5) is 0 Å². The molecule has 0 fully saturated rings. The lowest BCUT2D eigenvalue weighted by atomic mass is 10.0. The first-order valence-electron chi connectivity index (χ1n) is 5.50. The first-order valence-corrected chi connectivity index (χ1v) is 5.50. The molecule has 0 spiro atoms. The highest BCUT2D eigenvalue weighted by Crippen LogP contribution is 2.12. The van der Waals surface area contributed by atoms with Gasteiger partial charge in [0, 0.05) is 7.05 Å². The monoisotopic (exact) mass is 221 g/mol. The summed E-state index contributed by atoms with van der Waals surface area (Å²) in [5.74, 6) is -0.231. The Morgan fingerprint density at radius 2 is 2.00 bits per heavy atom. The Balaban J connectivity index is 2.69. The van der Waals surface area contributed by atoms with Crippen LogP contribution in [0, 0.1) is 0 Å². The van der Waals surface area contributed by atoms with Crippen molar-refractivity contribution in [3.63, 3.8) is 0 Å². The summed E-state index contributed by atoms with van der Waals surface area (Å²) in [7, 11) is 1.63. The van der Waals surface area contributed by atoms with Gasteiger partial charge in [-0.15, -0.1) is 0 Å². The minimum absolute atomic E-state index is 0.231. The van der Waals surface area contributed by atoms with Crippen molar-refractivity contribution < 1.29 is 4.79 Å². The summed E-state index contributed by atoms with van der Waals surface area (Å²) in [6.45, 7) is 2.14. The third kappa shape index (κ3) is 3.32. The van der Waals surface area contributed by atoms with Gasteiger partial charge in [-0.25, -0.2) is 5.43 Å². The number of nitrogens with two attached hydrogens (primary N) is 1. The largest absolute Gasteiger partial charge is 0.316 e. The lowest BCUT2D eigenvalue weighted by Gasteiger charge is -2.12. The van der Waals surface area contributed by atoms with Gasteiger partial charge in [0.05, 0.1) is 0 Å². The number of carbonyl (C=O) groups is 1. The molecule has 1 atom stereocenters. The highest BCUT2D eigenvalue weighted by atomic mass is 16.2. The zero-order valence-electron chi connectivity index (χ0n) is 9.79. The Bertz CT molecular complexity index is 335. The summed E-state index contributed by atoms with van der Waals surface area (Å²) in [5, 5.41) is 0. The van der Waals surface area contributed by atoms with Crippen LogP contribution in [0.15, 0.2) is 24.3 Å². The first kappa shape index (κ1) is 12.7. The van der Waals surface area contributed by atoms with Crippen LogP contribution in [-0.2, 0) is 11.2 Å². The highest BCUT2D eigenvalue weighted by molar-refractivity contribution is 5.82. The van der Waals surface area contributed by atoms with Gasteiger partial charge in [-0.1, -0.05) is 37.6 Å². The Labute approximate surface area is 96.2 Å². The second-order valence-corrected chi connectivity index (χ2v) is 3.71. The van der Waals surface area contributed by atoms with Crippen LogP contribution in [0.1, 0.15) is 30.5 Å². The van der Waals surface area contributed by atoms with Crippen molar-refractivity contribution in [1.29, 1.82) is 0 Å². The maximum atomic E-state index is 11.5. The van der Waals surface area contributed by atoms with E-state index in [4.69, 9.17) is 5.73 Å². The van der Waals surface area contributed by atoms with Crippen LogP contribution in [0.3, 0.4) is 0 Å². The molecule has 1 aromatic carbocycles. The normalized spacial score (nSPS) is 12.2. The molecule has 0 saturated heterocycles. The second kappa shape index (κ2) is 6.25. The molecule has 0 aromatic heterocycles. The van der Waals surface area contributed by atoms with E-state index in [0.717, 1.165) is 18.4 Å². The van der Waals surface area contributed by atoms with E-state index in [1.54, 1.807) is 7.05 Å². The number of carbonyl (C=O) groups excluding carboxylic acids is 1. The molecule has 0 aliphatic heterocycles. The van der Waals surface area contributed by atoms with Crippen molar-refractivity contribution in [2.24, 2.45) is 5.73 Å². The average molecular weight is 221 g/mol. The molecule has 0 radical (unpaired) electrons. The van der Waals surface area contributed by atoms with E-state index in [1.165, 1.54) is 5.56 Å². The molecule has 1 aromatic rings. The van der Waals surface area contributed by atoms with Crippen LogP contribution in [0.2, 0.25) is 0 Å². The summed E-state index contributed by atoms with van der Waals surface area (Å²) in [5.41, 5.74) is 12.9. The molecule has 4 nitrogen and oxygen atoms in total. The summed E-state index contributed by atoms with van der Waals surface area (Å²) in [6.07, 6.45) is 2.17. The van der Waals surface area contributed by atoms with Gasteiger partial charge in [0.2, 0.25) is 0 Å². The van der Waals surface area contributed by atoms with E-state index in [1.807, 2.05) is 24.3 Å². The van der Waals surface area contributed by atoms with Crippen LogP contribution in [0.25, 0.3) is 0 Å². The van der Waals surface area contributed by atoms with Gasteiger partial charge in [0.15, 0.2) is 0 Å². The van der Waals surface area contributed by atoms with Gasteiger partial charge >= 0.3 is 0 Å². The van der Waals surface area contributed by atoms with Crippen molar-refractivity contribution >= 4 is 5.91 Å². The number of amides is 1. The van der Waals surface area contributed by atoms with E-state index < -0.39 is 6.04 Å².